The summed E-state index contributed by atoms with van der Waals surface area (Å²) in [5.41, 5.74) is 2.62. The van der Waals surface area contributed by atoms with Gasteiger partial charge < -0.3 is 10.2 Å². The summed E-state index contributed by atoms with van der Waals surface area (Å²) in [6, 6.07) is 5.18. The molecule has 112 valence electrons. The lowest BCUT2D eigenvalue weighted by molar-refractivity contribution is 0.417. The van der Waals surface area contributed by atoms with Crippen LogP contribution in [0.25, 0.3) is 0 Å². The average Bonchev–Trinajstić information content (AvgIpc) is 2.75. The van der Waals surface area contributed by atoms with Gasteiger partial charge in [0.05, 0.1) is 0 Å². The Balaban J connectivity index is 1.68. The second-order valence-corrected chi connectivity index (χ2v) is 6.75. The van der Waals surface area contributed by atoms with Gasteiger partial charge in [0.1, 0.15) is 5.82 Å². The maximum absolute atomic E-state index is 13.3. The molecule has 2 rings (SSSR count). The molecule has 1 aliphatic heterocycles. The van der Waals surface area contributed by atoms with Crippen molar-refractivity contribution in [1.29, 1.82) is 0 Å². The van der Waals surface area contributed by atoms with Crippen LogP contribution >= 0.6 is 0 Å². The Bertz CT molecular complexity index is 437. The Morgan fingerprint density at radius 1 is 1.20 bits per heavy atom. The first-order valence-electron chi connectivity index (χ1n) is 7.74. The van der Waals surface area contributed by atoms with Crippen LogP contribution in [0.15, 0.2) is 18.2 Å². The molecule has 0 aliphatic carbocycles. The molecule has 0 aromatic heterocycles. The molecule has 1 aromatic carbocycles. The minimum Gasteiger partial charge on any atom is -0.371 e. The van der Waals surface area contributed by atoms with E-state index < -0.39 is 0 Å². The summed E-state index contributed by atoms with van der Waals surface area (Å²) in [6.45, 7) is 9.76. The normalized spacial score (nSPS) is 14.7. The molecule has 0 saturated heterocycles. The number of benzene rings is 1. The SMILES string of the molecule is CC(C)(C)NCCCCCN1CCc2ccc(F)cc21. The predicted octanol–water partition coefficient (Wildman–Crippen LogP) is 3.75. The van der Waals surface area contributed by atoms with Gasteiger partial charge in [-0.25, -0.2) is 4.39 Å². The second kappa shape index (κ2) is 6.57. The van der Waals surface area contributed by atoms with E-state index in [9.17, 15) is 4.39 Å². The highest BCUT2D eigenvalue weighted by molar-refractivity contribution is 5.58. The summed E-state index contributed by atoms with van der Waals surface area (Å²) in [5.74, 6) is -0.120. The van der Waals surface area contributed by atoms with E-state index in [0.717, 1.165) is 31.7 Å². The number of hydrogen-bond donors (Lipinski definition) is 1. The molecule has 2 nitrogen and oxygen atoms in total. The monoisotopic (exact) mass is 278 g/mol. The topological polar surface area (TPSA) is 15.3 Å². The largest absolute Gasteiger partial charge is 0.371 e. The van der Waals surface area contributed by atoms with Crippen molar-refractivity contribution in [3.05, 3.63) is 29.6 Å². The Labute approximate surface area is 122 Å². The van der Waals surface area contributed by atoms with Gasteiger partial charge in [0.25, 0.3) is 0 Å². The van der Waals surface area contributed by atoms with Gasteiger partial charge in [-0.2, -0.15) is 0 Å². The zero-order valence-corrected chi connectivity index (χ0v) is 13.0. The molecule has 1 aliphatic rings. The Kier molecular flexibility index (Phi) is 5.03. The van der Waals surface area contributed by atoms with Crippen LogP contribution in [0, 0.1) is 5.82 Å². The van der Waals surface area contributed by atoms with Gasteiger partial charge in [-0.15, -0.1) is 0 Å². The van der Waals surface area contributed by atoms with E-state index in [4.69, 9.17) is 0 Å². The second-order valence-electron chi connectivity index (χ2n) is 6.75. The van der Waals surface area contributed by atoms with Crippen LogP contribution in [0.2, 0.25) is 0 Å². The standard InChI is InChI=1S/C17H27FN2/c1-17(2,3)19-10-5-4-6-11-20-12-9-14-7-8-15(18)13-16(14)20/h7-8,13,19H,4-6,9-12H2,1-3H3. The van der Waals surface area contributed by atoms with Gasteiger partial charge >= 0.3 is 0 Å². The molecule has 3 heteroatoms. The van der Waals surface area contributed by atoms with Crippen molar-refractivity contribution in [2.24, 2.45) is 0 Å². The van der Waals surface area contributed by atoms with E-state index in [0.29, 0.717) is 0 Å². The molecule has 0 unspecified atom stereocenters. The minimum atomic E-state index is -0.120. The van der Waals surface area contributed by atoms with Crippen molar-refractivity contribution in [1.82, 2.24) is 5.32 Å². The number of nitrogens with one attached hydrogen (secondary N) is 1. The molecule has 1 aromatic rings. The van der Waals surface area contributed by atoms with E-state index in [1.54, 1.807) is 12.1 Å². The van der Waals surface area contributed by atoms with Crippen LogP contribution in [0.5, 0.6) is 0 Å². The molecule has 0 fully saturated rings. The van der Waals surface area contributed by atoms with Crippen molar-refractivity contribution in [3.8, 4) is 0 Å². The fourth-order valence-corrected chi connectivity index (χ4v) is 2.72. The fourth-order valence-electron chi connectivity index (χ4n) is 2.72. The van der Waals surface area contributed by atoms with Crippen LogP contribution in [0.1, 0.15) is 45.6 Å². The molecule has 0 bridgehead atoms. The van der Waals surface area contributed by atoms with E-state index in [2.05, 4.69) is 31.0 Å². The molecule has 1 N–H and O–H groups in total. The van der Waals surface area contributed by atoms with Crippen LogP contribution in [-0.4, -0.2) is 25.2 Å². The van der Waals surface area contributed by atoms with Gasteiger partial charge in [0, 0.05) is 24.3 Å². The zero-order chi connectivity index (χ0) is 14.6. The third-order valence-corrected chi connectivity index (χ3v) is 3.80. The highest BCUT2D eigenvalue weighted by Gasteiger charge is 2.18. The van der Waals surface area contributed by atoms with E-state index in [1.807, 2.05) is 6.07 Å². The summed E-state index contributed by atoms with van der Waals surface area (Å²) < 4.78 is 13.3. The van der Waals surface area contributed by atoms with Crippen molar-refractivity contribution in [2.45, 2.75) is 52.0 Å². The van der Waals surface area contributed by atoms with Crippen molar-refractivity contribution < 1.29 is 4.39 Å². The van der Waals surface area contributed by atoms with Gasteiger partial charge in [-0.05, 0) is 64.3 Å². The maximum atomic E-state index is 13.3. The summed E-state index contributed by atoms with van der Waals surface area (Å²) in [4.78, 5) is 2.33. The molecule has 0 saturated carbocycles. The summed E-state index contributed by atoms with van der Waals surface area (Å²) >= 11 is 0. The van der Waals surface area contributed by atoms with Crippen LogP contribution < -0.4 is 10.2 Å². The number of nitrogens with zero attached hydrogens (tertiary/aromatic N) is 1. The van der Waals surface area contributed by atoms with Gasteiger partial charge in [-0.1, -0.05) is 12.5 Å². The number of rotatable bonds is 6. The minimum absolute atomic E-state index is 0.120. The Morgan fingerprint density at radius 3 is 2.75 bits per heavy atom. The molecular weight excluding hydrogens is 251 g/mol. The highest BCUT2D eigenvalue weighted by Crippen LogP contribution is 2.28. The Morgan fingerprint density at radius 2 is 2.00 bits per heavy atom. The lowest BCUT2D eigenvalue weighted by Crippen LogP contribution is -2.36. The molecular formula is C17H27FN2. The zero-order valence-electron chi connectivity index (χ0n) is 13.0. The van der Waals surface area contributed by atoms with Gasteiger partial charge in [0.15, 0.2) is 0 Å². The van der Waals surface area contributed by atoms with Crippen LogP contribution in [-0.2, 0) is 6.42 Å². The number of anilines is 1. The van der Waals surface area contributed by atoms with E-state index >= 15 is 0 Å². The Hall–Kier alpha value is -1.09. The molecule has 0 atom stereocenters. The third-order valence-electron chi connectivity index (χ3n) is 3.80. The quantitative estimate of drug-likeness (QED) is 0.797. The molecule has 1 heterocycles. The number of hydrogen-bond acceptors (Lipinski definition) is 2. The summed E-state index contributed by atoms with van der Waals surface area (Å²) in [7, 11) is 0. The third kappa shape index (κ3) is 4.48. The molecule has 20 heavy (non-hydrogen) atoms. The number of halogens is 1. The maximum Gasteiger partial charge on any atom is 0.125 e. The lowest BCUT2D eigenvalue weighted by Gasteiger charge is -2.21. The van der Waals surface area contributed by atoms with Crippen molar-refractivity contribution in [3.63, 3.8) is 0 Å². The smallest absolute Gasteiger partial charge is 0.125 e. The number of fused-ring (bicyclic) bond motifs is 1. The van der Waals surface area contributed by atoms with Crippen LogP contribution in [0.3, 0.4) is 0 Å². The van der Waals surface area contributed by atoms with Gasteiger partial charge in [-0.3, -0.25) is 0 Å². The molecule has 0 radical (unpaired) electrons. The van der Waals surface area contributed by atoms with E-state index in [1.165, 1.54) is 24.8 Å². The predicted molar refractivity (Wildman–Crippen MR) is 83.9 cm³/mol. The molecule has 0 spiro atoms. The summed E-state index contributed by atoms with van der Waals surface area (Å²) in [5, 5.41) is 3.51. The van der Waals surface area contributed by atoms with Crippen LogP contribution in [0.4, 0.5) is 10.1 Å². The number of unbranched alkanes of at least 4 members (excludes halogenated alkanes) is 2. The highest BCUT2D eigenvalue weighted by atomic mass is 19.1. The first-order valence-corrected chi connectivity index (χ1v) is 7.74. The van der Waals surface area contributed by atoms with Crippen molar-refractivity contribution >= 4 is 5.69 Å². The average molecular weight is 278 g/mol. The fraction of sp³-hybridized carbons (Fsp3) is 0.647. The van der Waals surface area contributed by atoms with Gasteiger partial charge in [0.2, 0.25) is 0 Å². The molecule has 0 amide bonds. The first-order chi connectivity index (χ1) is 9.46. The van der Waals surface area contributed by atoms with E-state index in [-0.39, 0.29) is 11.4 Å². The summed E-state index contributed by atoms with van der Waals surface area (Å²) in [6.07, 6.45) is 4.67. The first kappa shape index (κ1) is 15.3. The lowest BCUT2D eigenvalue weighted by atomic mass is 10.1. The van der Waals surface area contributed by atoms with Crippen molar-refractivity contribution in [2.75, 3.05) is 24.5 Å².